The quantitative estimate of drug-likeness (QED) is 0.490. The van der Waals surface area contributed by atoms with Crippen LogP contribution in [0.25, 0.3) is 6.08 Å². The molecule has 0 saturated carbocycles. The molecule has 0 aliphatic rings. The van der Waals surface area contributed by atoms with Crippen LogP contribution in [0.1, 0.15) is 32.0 Å². The number of nitrogens with one attached hydrogen (secondary N) is 1. The number of pyridine rings is 1. The van der Waals surface area contributed by atoms with E-state index in [0.717, 1.165) is 19.3 Å². The van der Waals surface area contributed by atoms with Gasteiger partial charge in [-0.25, -0.2) is 14.6 Å². The third kappa shape index (κ3) is 6.61. The van der Waals surface area contributed by atoms with Gasteiger partial charge in [-0.05, 0) is 39.0 Å². The number of methoxy groups -OCH3 is 1. The van der Waals surface area contributed by atoms with Gasteiger partial charge in [0.05, 0.1) is 7.11 Å². The van der Waals surface area contributed by atoms with Crippen LogP contribution in [0.2, 0.25) is 5.15 Å². The topological polar surface area (TPSA) is 77.5 Å². The SMILES string of the molecule is COC(=O)/C(=C/c1ccc(C(F)(F)F)nc1Cl)NC(=O)OC(C)(C)C. The van der Waals surface area contributed by atoms with Crippen LogP contribution < -0.4 is 5.32 Å². The molecule has 0 radical (unpaired) electrons. The maximum absolute atomic E-state index is 12.6. The number of amides is 1. The van der Waals surface area contributed by atoms with Gasteiger partial charge in [0.1, 0.15) is 22.1 Å². The van der Waals surface area contributed by atoms with E-state index in [4.69, 9.17) is 16.3 Å². The van der Waals surface area contributed by atoms with Gasteiger partial charge >= 0.3 is 18.2 Å². The number of ether oxygens (including phenoxy) is 2. The van der Waals surface area contributed by atoms with Gasteiger partial charge in [-0.1, -0.05) is 11.6 Å². The largest absolute Gasteiger partial charge is 0.464 e. The number of rotatable bonds is 3. The minimum atomic E-state index is -4.66. The van der Waals surface area contributed by atoms with Crippen LogP contribution >= 0.6 is 11.6 Å². The molecule has 0 atom stereocenters. The van der Waals surface area contributed by atoms with Gasteiger partial charge in [-0.15, -0.1) is 0 Å². The highest BCUT2D eigenvalue weighted by Gasteiger charge is 2.33. The van der Waals surface area contributed by atoms with Crippen LogP contribution in [0.5, 0.6) is 0 Å². The van der Waals surface area contributed by atoms with Crippen molar-refractivity contribution in [1.29, 1.82) is 0 Å². The summed E-state index contributed by atoms with van der Waals surface area (Å²) < 4.78 is 47.3. The van der Waals surface area contributed by atoms with Crippen molar-refractivity contribution in [2.45, 2.75) is 32.5 Å². The molecule has 1 N–H and O–H groups in total. The van der Waals surface area contributed by atoms with Gasteiger partial charge in [0.25, 0.3) is 0 Å². The number of alkyl halides is 3. The number of hydrogen-bond acceptors (Lipinski definition) is 5. The molecule has 0 aliphatic heterocycles. The number of hydrogen-bond donors (Lipinski definition) is 1. The van der Waals surface area contributed by atoms with E-state index in [-0.39, 0.29) is 11.3 Å². The second-order valence-electron chi connectivity index (χ2n) is 5.75. The summed E-state index contributed by atoms with van der Waals surface area (Å²) in [7, 11) is 1.07. The van der Waals surface area contributed by atoms with Crippen molar-refractivity contribution < 1.29 is 32.2 Å². The molecule has 0 aromatic carbocycles. The summed E-state index contributed by atoms with van der Waals surface area (Å²) in [5.74, 6) is -0.943. The number of carbonyl (C=O) groups is 2. The van der Waals surface area contributed by atoms with Crippen LogP contribution in [0.4, 0.5) is 18.0 Å². The van der Waals surface area contributed by atoms with Crippen LogP contribution in [0, 0.1) is 0 Å². The first-order valence-electron chi connectivity index (χ1n) is 6.87. The van der Waals surface area contributed by atoms with E-state index in [1.54, 1.807) is 20.8 Å². The Kier molecular flexibility index (Phi) is 6.42. The summed E-state index contributed by atoms with van der Waals surface area (Å²) in [4.78, 5) is 26.7. The highest BCUT2D eigenvalue weighted by Crippen LogP contribution is 2.30. The average Bonchev–Trinajstić information content (AvgIpc) is 2.44. The summed E-state index contributed by atoms with van der Waals surface area (Å²) in [6.07, 6.45) is -4.57. The number of carbonyl (C=O) groups excluding carboxylic acids is 2. The lowest BCUT2D eigenvalue weighted by Crippen LogP contribution is -2.34. The fourth-order valence-electron chi connectivity index (χ4n) is 1.54. The normalized spacial score (nSPS) is 12.6. The molecule has 0 fully saturated rings. The molecule has 6 nitrogen and oxygen atoms in total. The van der Waals surface area contributed by atoms with Crippen molar-refractivity contribution in [1.82, 2.24) is 10.3 Å². The molecule has 1 aromatic heterocycles. The second-order valence-corrected chi connectivity index (χ2v) is 6.11. The van der Waals surface area contributed by atoms with Crippen molar-refractivity contribution in [3.05, 3.63) is 34.2 Å². The van der Waals surface area contributed by atoms with E-state index in [1.807, 2.05) is 0 Å². The molecule has 0 spiro atoms. The number of alkyl carbamates (subject to hydrolysis) is 1. The molecule has 10 heteroatoms. The van der Waals surface area contributed by atoms with Crippen LogP contribution in [-0.4, -0.2) is 29.8 Å². The monoisotopic (exact) mass is 380 g/mol. The molecule has 1 rings (SSSR count). The van der Waals surface area contributed by atoms with Crippen molar-refractivity contribution in [2.75, 3.05) is 7.11 Å². The minimum Gasteiger partial charge on any atom is -0.464 e. The van der Waals surface area contributed by atoms with E-state index in [9.17, 15) is 22.8 Å². The summed E-state index contributed by atoms with van der Waals surface area (Å²) in [6.45, 7) is 4.85. The molecule has 1 amide bonds. The zero-order valence-electron chi connectivity index (χ0n) is 13.8. The number of nitrogens with zero attached hydrogens (tertiary/aromatic N) is 1. The Morgan fingerprint density at radius 1 is 1.24 bits per heavy atom. The molecular formula is C15H16ClF3N2O4. The molecule has 0 aliphatic carbocycles. The summed E-state index contributed by atoms with van der Waals surface area (Å²) in [5.41, 5.74) is -2.40. The molecule has 138 valence electrons. The van der Waals surface area contributed by atoms with Crippen LogP contribution in [0.3, 0.4) is 0 Å². The first-order valence-corrected chi connectivity index (χ1v) is 7.25. The van der Waals surface area contributed by atoms with Crippen molar-refractivity contribution in [2.24, 2.45) is 0 Å². The first-order chi connectivity index (χ1) is 11.3. The Bertz CT molecular complexity index is 697. The Morgan fingerprint density at radius 2 is 1.84 bits per heavy atom. The Balaban J connectivity index is 3.15. The zero-order chi connectivity index (χ0) is 19.4. The molecule has 1 aromatic rings. The van der Waals surface area contributed by atoms with E-state index < -0.39 is 34.7 Å². The van der Waals surface area contributed by atoms with Gasteiger partial charge in [-0.2, -0.15) is 13.2 Å². The third-order valence-electron chi connectivity index (χ3n) is 2.51. The summed E-state index contributed by atoms with van der Waals surface area (Å²) >= 11 is 5.72. The highest BCUT2D eigenvalue weighted by atomic mass is 35.5. The van der Waals surface area contributed by atoms with Gasteiger partial charge < -0.3 is 9.47 Å². The van der Waals surface area contributed by atoms with Crippen LogP contribution in [-0.2, 0) is 20.4 Å². The zero-order valence-corrected chi connectivity index (χ0v) is 14.6. The third-order valence-corrected chi connectivity index (χ3v) is 2.81. The fraction of sp³-hybridized carbons (Fsp3) is 0.400. The lowest BCUT2D eigenvalue weighted by molar-refractivity contribution is -0.141. The van der Waals surface area contributed by atoms with Gasteiger partial charge in [0.2, 0.25) is 0 Å². The van der Waals surface area contributed by atoms with Crippen molar-refractivity contribution in [3.8, 4) is 0 Å². The van der Waals surface area contributed by atoms with Gasteiger partial charge in [0.15, 0.2) is 0 Å². The van der Waals surface area contributed by atoms with Gasteiger partial charge in [-0.3, -0.25) is 5.32 Å². The lowest BCUT2D eigenvalue weighted by Gasteiger charge is -2.20. The maximum Gasteiger partial charge on any atom is 0.433 e. The van der Waals surface area contributed by atoms with E-state index in [0.29, 0.717) is 6.07 Å². The molecular weight excluding hydrogens is 365 g/mol. The van der Waals surface area contributed by atoms with Gasteiger partial charge in [0, 0.05) is 5.56 Å². The predicted molar refractivity (Wildman–Crippen MR) is 83.6 cm³/mol. The molecule has 0 saturated heterocycles. The molecule has 1 heterocycles. The smallest absolute Gasteiger partial charge is 0.433 e. The van der Waals surface area contributed by atoms with Crippen molar-refractivity contribution >= 4 is 29.7 Å². The predicted octanol–water partition coefficient (Wildman–Crippen LogP) is 3.79. The minimum absolute atomic E-state index is 0.0221. The second kappa shape index (κ2) is 7.73. The molecule has 25 heavy (non-hydrogen) atoms. The average molecular weight is 381 g/mol. The standard InChI is InChI=1S/C15H16ClF3N2O4/c1-14(2,3)25-13(23)20-9(12(22)24-4)7-8-5-6-10(15(17,18)19)21-11(8)16/h5-7H,1-4H3,(H,20,23)/b9-7-. The highest BCUT2D eigenvalue weighted by molar-refractivity contribution is 6.31. The number of halogens is 4. The fourth-order valence-corrected chi connectivity index (χ4v) is 1.74. The lowest BCUT2D eigenvalue weighted by atomic mass is 10.2. The Morgan fingerprint density at radius 3 is 2.28 bits per heavy atom. The Labute approximate surface area is 147 Å². The number of esters is 1. The summed E-state index contributed by atoms with van der Waals surface area (Å²) in [6, 6.07) is 1.71. The molecule has 0 unspecified atom stereocenters. The van der Waals surface area contributed by atoms with E-state index in [2.05, 4.69) is 15.0 Å². The number of aromatic nitrogens is 1. The maximum atomic E-state index is 12.6. The van der Waals surface area contributed by atoms with E-state index in [1.165, 1.54) is 0 Å². The van der Waals surface area contributed by atoms with Crippen LogP contribution in [0.15, 0.2) is 17.8 Å². The molecule has 0 bridgehead atoms. The van der Waals surface area contributed by atoms with E-state index >= 15 is 0 Å². The van der Waals surface area contributed by atoms with Crippen molar-refractivity contribution in [3.63, 3.8) is 0 Å². The first kappa shape index (κ1) is 20.8. The Hall–Kier alpha value is -2.29. The summed E-state index contributed by atoms with van der Waals surface area (Å²) in [5, 5.41) is 1.66.